The maximum atomic E-state index is 5.81. The van der Waals surface area contributed by atoms with E-state index in [0.717, 1.165) is 22.4 Å². The number of aryl methyl sites for hydroxylation is 2. The SMILES string of the molecule is Cc1ccc(C)c(OCc2nnc(SCc3nc(-c4ccc(C(C)C)cc4)no3)o2)c1. The maximum Gasteiger partial charge on any atom is 0.277 e. The monoisotopic (exact) mass is 436 g/mol. The first-order valence-corrected chi connectivity index (χ1v) is 11.0. The lowest BCUT2D eigenvalue weighted by atomic mass is 10.0. The molecule has 4 rings (SSSR count). The first-order chi connectivity index (χ1) is 15.0. The van der Waals surface area contributed by atoms with Gasteiger partial charge in [0.25, 0.3) is 11.1 Å². The number of nitrogens with zero attached hydrogens (tertiary/aromatic N) is 4. The van der Waals surface area contributed by atoms with E-state index in [1.807, 2.05) is 44.2 Å². The molecule has 7 nitrogen and oxygen atoms in total. The van der Waals surface area contributed by atoms with Gasteiger partial charge >= 0.3 is 0 Å². The predicted octanol–water partition coefficient (Wildman–Crippen LogP) is 5.73. The molecule has 0 saturated carbocycles. The smallest absolute Gasteiger partial charge is 0.277 e. The average Bonchev–Trinajstić information content (AvgIpc) is 3.42. The van der Waals surface area contributed by atoms with E-state index in [4.69, 9.17) is 13.7 Å². The molecule has 0 aliphatic heterocycles. The fourth-order valence-corrected chi connectivity index (χ4v) is 3.55. The summed E-state index contributed by atoms with van der Waals surface area (Å²) >= 11 is 1.34. The van der Waals surface area contributed by atoms with Crippen LogP contribution in [0.1, 0.15) is 48.2 Å². The van der Waals surface area contributed by atoms with Crippen molar-refractivity contribution >= 4 is 11.8 Å². The Kier molecular flexibility index (Phi) is 6.36. The van der Waals surface area contributed by atoms with Crippen LogP contribution in [0, 0.1) is 13.8 Å². The minimum atomic E-state index is 0.217. The van der Waals surface area contributed by atoms with E-state index in [2.05, 4.69) is 46.3 Å². The zero-order valence-electron chi connectivity index (χ0n) is 18.0. The van der Waals surface area contributed by atoms with Gasteiger partial charge in [-0.15, -0.1) is 10.2 Å². The topological polar surface area (TPSA) is 87.1 Å². The average molecular weight is 437 g/mol. The van der Waals surface area contributed by atoms with Crippen molar-refractivity contribution in [2.24, 2.45) is 0 Å². The fraction of sp³-hybridized carbons (Fsp3) is 0.304. The highest BCUT2D eigenvalue weighted by molar-refractivity contribution is 7.98. The zero-order valence-corrected chi connectivity index (χ0v) is 18.8. The highest BCUT2D eigenvalue weighted by Crippen LogP contribution is 2.25. The van der Waals surface area contributed by atoms with E-state index in [9.17, 15) is 0 Å². The third kappa shape index (κ3) is 5.32. The molecule has 2 aromatic heterocycles. The number of ether oxygens (including phenoxy) is 1. The molecule has 0 fully saturated rings. The van der Waals surface area contributed by atoms with E-state index >= 15 is 0 Å². The lowest BCUT2D eigenvalue weighted by molar-refractivity contribution is 0.250. The fourth-order valence-electron chi connectivity index (χ4n) is 2.93. The molecule has 160 valence electrons. The van der Waals surface area contributed by atoms with Crippen LogP contribution in [0.2, 0.25) is 0 Å². The van der Waals surface area contributed by atoms with E-state index < -0.39 is 0 Å². The molecule has 0 unspecified atom stereocenters. The van der Waals surface area contributed by atoms with Crippen LogP contribution < -0.4 is 4.74 Å². The lowest BCUT2D eigenvalue weighted by Crippen LogP contribution is -1.97. The molecule has 0 radical (unpaired) electrons. The summed E-state index contributed by atoms with van der Waals surface area (Å²) in [6.07, 6.45) is 0. The largest absolute Gasteiger partial charge is 0.484 e. The third-order valence-electron chi connectivity index (χ3n) is 4.77. The third-order valence-corrected chi connectivity index (χ3v) is 5.57. The van der Waals surface area contributed by atoms with Gasteiger partial charge in [-0.25, -0.2) is 0 Å². The van der Waals surface area contributed by atoms with Crippen molar-refractivity contribution in [1.82, 2.24) is 20.3 Å². The van der Waals surface area contributed by atoms with Crippen LogP contribution in [-0.2, 0) is 12.4 Å². The van der Waals surface area contributed by atoms with Crippen LogP contribution in [0.4, 0.5) is 0 Å². The molecule has 4 aromatic rings. The number of thioether (sulfide) groups is 1. The summed E-state index contributed by atoms with van der Waals surface area (Å²) in [5.41, 5.74) is 4.40. The Hall–Kier alpha value is -3.13. The van der Waals surface area contributed by atoms with Crippen molar-refractivity contribution in [3.05, 3.63) is 70.9 Å². The van der Waals surface area contributed by atoms with Crippen molar-refractivity contribution in [3.63, 3.8) is 0 Å². The first-order valence-electron chi connectivity index (χ1n) is 10.1. The highest BCUT2D eigenvalue weighted by atomic mass is 32.2. The summed E-state index contributed by atoms with van der Waals surface area (Å²) in [6, 6.07) is 14.3. The van der Waals surface area contributed by atoms with Gasteiger partial charge in [0.05, 0.1) is 5.75 Å². The Morgan fingerprint density at radius 1 is 1.00 bits per heavy atom. The highest BCUT2D eigenvalue weighted by Gasteiger charge is 2.13. The van der Waals surface area contributed by atoms with Crippen LogP contribution in [0.5, 0.6) is 5.75 Å². The molecule has 0 saturated heterocycles. The predicted molar refractivity (Wildman–Crippen MR) is 118 cm³/mol. The molecule has 0 aliphatic rings. The Morgan fingerprint density at radius 3 is 2.58 bits per heavy atom. The second-order valence-electron chi connectivity index (χ2n) is 7.60. The summed E-state index contributed by atoms with van der Waals surface area (Å²) in [6.45, 7) is 8.57. The van der Waals surface area contributed by atoms with E-state index in [1.165, 1.54) is 17.3 Å². The molecule has 8 heteroatoms. The molecule has 0 spiro atoms. The zero-order chi connectivity index (χ0) is 21.8. The van der Waals surface area contributed by atoms with E-state index in [1.54, 1.807) is 0 Å². The van der Waals surface area contributed by atoms with Crippen molar-refractivity contribution in [3.8, 4) is 17.1 Å². The van der Waals surface area contributed by atoms with Gasteiger partial charge in [0.15, 0.2) is 6.61 Å². The second kappa shape index (κ2) is 9.34. The summed E-state index contributed by atoms with van der Waals surface area (Å²) < 4.78 is 16.8. The van der Waals surface area contributed by atoms with Gasteiger partial charge in [-0.1, -0.05) is 67.2 Å². The molecule has 0 amide bonds. The molecule has 31 heavy (non-hydrogen) atoms. The van der Waals surface area contributed by atoms with E-state index in [0.29, 0.717) is 34.5 Å². The second-order valence-corrected chi connectivity index (χ2v) is 8.52. The Balaban J connectivity index is 1.32. The van der Waals surface area contributed by atoms with Crippen LogP contribution in [0.25, 0.3) is 11.4 Å². The van der Waals surface area contributed by atoms with Gasteiger partial charge in [-0.05, 0) is 42.5 Å². The number of rotatable bonds is 8. The van der Waals surface area contributed by atoms with Gasteiger partial charge in [0, 0.05) is 5.56 Å². The molecule has 0 atom stereocenters. The number of benzene rings is 2. The number of aromatic nitrogens is 4. The van der Waals surface area contributed by atoms with Gasteiger partial charge in [0.1, 0.15) is 5.75 Å². The van der Waals surface area contributed by atoms with Crippen molar-refractivity contribution < 1.29 is 13.7 Å². The normalized spacial score (nSPS) is 11.3. The molecule has 2 heterocycles. The van der Waals surface area contributed by atoms with Crippen molar-refractivity contribution in [2.75, 3.05) is 0 Å². The number of hydrogen-bond donors (Lipinski definition) is 0. The molecule has 0 aliphatic carbocycles. The van der Waals surface area contributed by atoms with Gasteiger partial charge < -0.3 is 13.7 Å². The summed E-state index contributed by atoms with van der Waals surface area (Å²) in [7, 11) is 0. The van der Waals surface area contributed by atoms with Crippen LogP contribution >= 0.6 is 11.8 Å². The number of hydrogen-bond acceptors (Lipinski definition) is 8. The molecule has 0 N–H and O–H groups in total. The Labute approximate surface area is 185 Å². The van der Waals surface area contributed by atoms with Crippen molar-refractivity contribution in [2.45, 2.75) is 51.2 Å². The first kappa shape index (κ1) is 21.1. The van der Waals surface area contributed by atoms with Crippen LogP contribution in [0.15, 0.2) is 56.6 Å². The standard InChI is InChI=1S/C23H24N4O3S/c1-14(2)17-7-9-18(10-8-17)22-24-21(30-27-22)13-31-23-26-25-20(29-23)12-28-19-11-15(3)5-6-16(19)4/h5-11,14H,12-13H2,1-4H3. The Morgan fingerprint density at radius 2 is 1.81 bits per heavy atom. The summed E-state index contributed by atoms with van der Waals surface area (Å²) in [5, 5.41) is 12.6. The summed E-state index contributed by atoms with van der Waals surface area (Å²) in [4.78, 5) is 4.46. The molecular weight excluding hydrogens is 412 g/mol. The summed E-state index contributed by atoms with van der Waals surface area (Å²) in [5.74, 6) is 3.22. The van der Waals surface area contributed by atoms with Crippen LogP contribution in [0.3, 0.4) is 0 Å². The van der Waals surface area contributed by atoms with E-state index in [-0.39, 0.29) is 6.61 Å². The van der Waals surface area contributed by atoms with Crippen molar-refractivity contribution in [1.29, 1.82) is 0 Å². The molecule has 0 bridgehead atoms. The van der Waals surface area contributed by atoms with Gasteiger partial charge in [0.2, 0.25) is 11.7 Å². The van der Waals surface area contributed by atoms with Gasteiger partial charge in [-0.2, -0.15) is 4.98 Å². The maximum absolute atomic E-state index is 5.81. The molecule has 2 aromatic carbocycles. The Bertz CT molecular complexity index is 1150. The minimum absolute atomic E-state index is 0.217. The van der Waals surface area contributed by atoms with Gasteiger partial charge in [-0.3, -0.25) is 0 Å². The molecular formula is C23H24N4O3S. The quantitative estimate of drug-likeness (QED) is 0.324. The minimum Gasteiger partial charge on any atom is -0.484 e. The van der Waals surface area contributed by atoms with Crippen LogP contribution in [-0.4, -0.2) is 20.3 Å². The lowest BCUT2D eigenvalue weighted by Gasteiger charge is -2.07.